The van der Waals surface area contributed by atoms with Gasteiger partial charge in [0.1, 0.15) is 0 Å². The van der Waals surface area contributed by atoms with Crippen LogP contribution in [0.25, 0.3) is 4.85 Å². The maximum absolute atomic E-state index is 11.3. The van der Waals surface area contributed by atoms with E-state index in [9.17, 15) is 4.79 Å². The van der Waals surface area contributed by atoms with Gasteiger partial charge in [-0.15, -0.1) is 11.8 Å². The van der Waals surface area contributed by atoms with Crippen molar-refractivity contribution in [1.29, 1.82) is 0 Å². The van der Waals surface area contributed by atoms with Crippen molar-refractivity contribution in [3.8, 4) is 0 Å². The molecule has 134 valence electrons. The summed E-state index contributed by atoms with van der Waals surface area (Å²) in [5, 5.41) is 3.59. The first-order chi connectivity index (χ1) is 12.0. The van der Waals surface area contributed by atoms with Crippen LogP contribution in [0.5, 0.6) is 0 Å². The van der Waals surface area contributed by atoms with Crippen molar-refractivity contribution in [3.63, 3.8) is 0 Å². The lowest BCUT2D eigenvalue weighted by molar-refractivity contribution is -0.114. The standard InChI is InChI=1S/C18H25N5OS/c1-13(2)22-9-11-23(12-10-22)15-7-5-14(6-8-15)21-18(25-4)16(20-3)17(19)24/h5-8,13,21H,9-12H2,1-2,4H3,(H2,19,24)/b18-16+. The molecule has 7 heteroatoms. The third kappa shape index (κ3) is 4.91. The van der Waals surface area contributed by atoms with Crippen molar-refractivity contribution in [2.75, 3.05) is 42.7 Å². The molecule has 0 unspecified atom stereocenters. The van der Waals surface area contributed by atoms with E-state index in [0.717, 1.165) is 31.9 Å². The number of piperazine rings is 1. The lowest BCUT2D eigenvalue weighted by Gasteiger charge is -2.38. The van der Waals surface area contributed by atoms with Crippen LogP contribution in [-0.2, 0) is 4.79 Å². The number of nitrogens with two attached hydrogens (primary N) is 1. The lowest BCUT2D eigenvalue weighted by atomic mass is 10.2. The predicted molar refractivity (Wildman–Crippen MR) is 105 cm³/mol. The number of hydrogen-bond donors (Lipinski definition) is 2. The van der Waals surface area contributed by atoms with Crippen molar-refractivity contribution in [2.24, 2.45) is 5.73 Å². The zero-order chi connectivity index (χ0) is 18.4. The first-order valence-corrected chi connectivity index (χ1v) is 9.50. The van der Waals surface area contributed by atoms with E-state index in [1.165, 1.54) is 17.4 Å². The van der Waals surface area contributed by atoms with Gasteiger partial charge in [0, 0.05) is 43.6 Å². The summed E-state index contributed by atoms with van der Waals surface area (Å²) in [5.41, 5.74) is 7.20. The molecule has 0 spiro atoms. The van der Waals surface area contributed by atoms with E-state index in [4.69, 9.17) is 12.3 Å². The Kier molecular flexibility index (Phi) is 6.73. The highest BCUT2D eigenvalue weighted by Gasteiger charge is 2.19. The SMILES string of the molecule is [C-]#[N+]/C(C(N)=O)=C(\Nc1ccc(N2CCN(C(C)C)CC2)cc1)SC. The molecule has 0 radical (unpaired) electrons. The molecule has 1 fully saturated rings. The summed E-state index contributed by atoms with van der Waals surface area (Å²) in [6, 6.07) is 8.64. The molecule has 0 aliphatic carbocycles. The van der Waals surface area contributed by atoms with Gasteiger partial charge in [0.25, 0.3) is 5.70 Å². The highest BCUT2D eigenvalue weighted by atomic mass is 32.2. The number of hydrogen-bond acceptors (Lipinski definition) is 5. The maximum Gasteiger partial charge on any atom is 0.278 e. The van der Waals surface area contributed by atoms with Crippen molar-refractivity contribution in [3.05, 3.63) is 46.4 Å². The molecule has 0 atom stereocenters. The molecule has 3 N–H and O–H groups in total. The molecule has 1 aliphatic heterocycles. The van der Waals surface area contributed by atoms with Gasteiger partial charge in [-0.3, -0.25) is 9.69 Å². The van der Waals surface area contributed by atoms with E-state index in [-0.39, 0.29) is 5.70 Å². The fourth-order valence-electron chi connectivity index (χ4n) is 2.81. The fraction of sp³-hybridized carbons (Fsp3) is 0.444. The summed E-state index contributed by atoms with van der Waals surface area (Å²) in [6.45, 7) is 15.8. The molecule has 1 aliphatic rings. The summed E-state index contributed by atoms with van der Waals surface area (Å²) >= 11 is 1.30. The number of anilines is 2. The highest BCUT2D eigenvalue weighted by Crippen LogP contribution is 2.24. The van der Waals surface area contributed by atoms with Gasteiger partial charge in [0.15, 0.2) is 0 Å². The summed E-state index contributed by atoms with van der Waals surface area (Å²) < 4.78 is 0. The minimum absolute atomic E-state index is 0.0682. The molecule has 1 amide bonds. The second-order valence-corrected chi connectivity index (χ2v) is 6.96. The molecule has 1 aromatic rings. The average molecular weight is 359 g/mol. The smallest absolute Gasteiger partial charge is 0.278 e. The van der Waals surface area contributed by atoms with Crippen molar-refractivity contribution < 1.29 is 4.79 Å². The highest BCUT2D eigenvalue weighted by molar-refractivity contribution is 8.02. The van der Waals surface area contributed by atoms with Crippen LogP contribution in [0.3, 0.4) is 0 Å². The molecule has 2 rings (SSSR count). The van der Waals surface area contributed by atoms with E-state index in [1.54, 1.807) is 6.26 Å². The Morgan fingerprint density at radius 3 is 2.28 bits per heavy atom. The minimum atomic E-state index is -0.716. The van der Waals surface area contributed by atoms with Gasteiger partial charge in [-0.25, -0.2) is 4.85 Å². The van der Waals surface area contributed by atoms with Crippen LogP contribution in [0.15, 0.2) is 35.0 Å². The largest absolute Gasteiger partial charge is 0.375 e. The first kappa shape index (κ1) is 19.2. The van der Waals surface area contributed by atoms with Gasteiger partial charge in [0.2, 0.25) is 5.91 Å². The number of rotatable bonds is 6. The normalized spacial score (nSPS) is 16.4. The van der Waals surface area contributed by atoms with Crippen molar-refractivity contribution >= 4 is 29.0 Å². The number of amides is 1. The zero-order valence-electron chi connectivity index (χ0n) is 15.0. The molecular formula is C18H25N5OS. The number of primary amides is 1. The van der Waals surface area contributed by atoms with Crippen LogP contribution < -0.4 is 16.0 Å². The molecule has 1 heterocycles. The molecule has 1 saturated heterocycles. The molecule has 0 bridgehead atoms. The van der Waals surface area contributed by atoms with Crippen LogP contribution in [0.2, 0.25) is 0 Å². The second-order valence-electron chi connectivity index (χ2n) is 6.15. The topological polar surface area (TPSA) is 66.0 Å². The minimum Gasteiger partial charge on any atom is -0.375 e. The number of carbonyl (C=O) groups excluding carboxylic acids is 1. The fourth-order valence-corrected chi connectivity index (χ4v) is 3.37. The van der Waals surface area contributed by atoms with Crippen molar-refractivity contribution in [1.82, 2.24) is 4.90 Å². The van der Waals surface area contributed by atoms with E-state index in [1.807, 2.05) is 12.1 Å². The van der Waals surface area contributed by atoms with Crippen LogP contribution in [0, 0.1) is 6.57 Å². The van der Waals surface area contributed by atoms with Gasteiger partial charge in [0.05, 0.1) is 11.6 Å². The molecule has 0 saturated carbocycles. The zero-order valence-corrected chi connectivity index (χ0v) is 15.8. The second kappa shape index (κ2) is 8.79. The van der Waals surface area contributed by atoms with Gasteiger partial charge >= 0.3 is 0 Å². The van der Waals surface area contributed by atoms with Gasteiger partial charge in [-0.2, -0.15) is 0 Å². The van der Waals surface area contributed by atoms with Gasteiger partial charge < -0.3 is 16.0 Å². The number of benzene rings is 1. The summed E-state index contributed by atoms with van der Waals surface area (Å²) in [5.74, 6) is -0.716. The Balaban J connectivity index is 2.05. The van der Waals surface area contributed by atoms with Crippen LogP contribution in [0.1, 0.15) is 13.8 Å². The summed E-state index contributed by atoms with van der Waals surface area (Å²) in [7, 11) is 0. The van der Waals surface area contributed by atoms with Crippen molar-refractivity contribution in [2.45, 2.75) is 19.9 Å². The van der Waals surface area contributed by atoms with Crippen LogP contribution in [-0.4, -0.2) is 49.3 Å². The van der Waals surface area contributed by atoms with Crippen LogP contribution >= 0.6 is 11.8 Å². The Hall–Kier alpha value is -2.17. The average Bonchev–Trinajstić information content (AvgIpc) is 2.61. The number of thioether (sulfide) groups is 1. The summed E-state index contributed by atoms with van der Waals surface area (Å²) in [6.07, 6.45) is 1.80. The van der Waals surface area contributed by atoms with Gasteiger partial charge in [-0.1, -0.05) is 0 Å². The molecule has 0 aromatic heterocycles. The lowest BCUT2D eigenvalue weighted by Crippen LogP contribution is -2.48. The maximum atomic E-state index is 11.3. The third-order valence-corrected chi connectivity index (χ3v) is 5.00. The molecular weight excluding hydrogens is 334 g/mol. The third-order valence-electron chi connectivity index (χ3n) is 4.30. The number of carbonyl (C=O) groups is 1. The van der Waals surface area contributed by atoms with E-state index < -0.39 is 5.91 Å². The monoisotopic (exact) mass is 359 g/mol. The number of nitrogens with zero attached hydrogens (tertiary/aromatic N) is 3. The van der Waals surface area contributed by atoms with E-state index >= 15 is 0 Å². The Morgan fingerprint density at radius 2 is 1.84 bits per heavy atom. The van der Waals surface area contributed by atoms with Crippen LogP contribution in [0.4, 0.5) is 11.4 Å². The Labute approximate surface area is 153 Å². The molecule has 25 heavy (non-hydrogen) atoms. The molecule has 1 aromatic carbocycles. The predicted octanol–water partition coefficient (Wildman–Crippen LogP) is 2.57. The summed E-state index contributed by atoms with van der Waals surface area (Å²) in [4.78, 5) is 19.4. The quantitative estimate of drug-likeness (QED) is 0.604. The Morgan fingerprint density at radius 1 is 1.24 bits per heavy atom. The van der Waals surface area contributed by atoms with Gasteiger partial charge in [-0.05, 0) is 44.4 Å². The number of nitrogens with one attached hydrogen (secondary N) is 1. The van der Waals surface area contributed by atoms with E-state index in [0.29, 0.717) is 11.1 Å². The molecule has 6 nitrogen and oxygen atoms in total. The van der Waals surface area contributed by atoms with E-state index in [2.05, 4.69) is 45.9 Å². The first-order valence-electron chi connectivity index (χ1n) is 8.28. The Bertz CT molecular complexity index is 670.